The normalized spacial score (nSPS) is 10.5. The number of halogens is 1. The van der Waals surface area contributed by atoms with Gasteiger partial charge in [-0.15, -0.1) is 0 Å². The standard InChI is InChI=1S/C23H20FNO3/c1-16-12-13-19(14-20(16)24)25-21(26)15-28-23(27)22(17-8-4-2-5-9-17)18-10-6-3-7-11-18/h2-14,22H,15H2,1H3,(H,25,26). The molecule has 0 aliphatic rings. The van der Waals surface area contributed by atoms with Gasteiger partial charge < -0.3 is 10.1 Å². The largest absolute Gasteiger partial charge is 0.455 e. The van der Waals surface area contributed by atoms with E-state index in [1.54, 1.807) is 19.1 Å². The number of hydrogen-bond acceptors (Lipinski definition) is 3. The molecule has 0 heterocycles. The minimum absolute atomic E-state index is 0.312. The molecule has 0 radical (unpaired) electrons. The summed E-state index contributed by atoms with van der Waals surface area (Å²) < 4.78 is 18.8. The van der Waals surface area contributed by atoms with Crippen molar-refractivity contribution in [2.24, 2.45) is 0 Å². The maximum absolute atomic E-state index is 13.6. The van der Waals surface area contributed by atoms with Crippen LogP contribution in [0.3, 0.4) is 0 Å². The second-order valence-electron chi connectivity index (χ2n) is 6.37. The predicted molar refractivity (Wildman–Crippen MR) is 105 cm³/mol. The van der Waals surface area contributed by atoms with E-state index in [0.717, 1.165) is 11.1 Å². The number of hydrogen-bond donors (Lipinski definition) is 1. The van der Waals surface area contributed by atoms with Gasteiger partial charge in [0.1, 0.15) is 11.7 Å². The number of rotatable bonds is 6. The Morgan fingerprint density at radius 2 is 1.50 bits per heavy atom. The smallest absolute Gasteiger partial charge is 0.318 e. The Hall–Kier alpha value is -3.47. The highest BCUT2D eigenvalue weighted by molar-refractivity contribution is 5.93. The van der Waals surface area contributed by atoms with Crippen molar-refractivity contribution < 1.29 is 18.7 Å². The van der Waals surface area contributed by atoms with E-state index in [2.05, 4.69) is 5.32 Å². The second kappa shape index (κ2) is 8.95. The maximum Gasteiger partial charge on any atom is 0.318 e. The van der Waals surface area contributed by atoms with Crippen molar-refractivity contribution in [2.75, 3.05) is 11.9 Å². The summed E-state index contributed by atoms with van der Waals surface area (Å²) in [6, 6.07) is 22.9. The molecule has 0 saturated heterocycles. The highest BCUT2D eigenvalue weighted by atomic mass is 19.1. The molecule has 1 amide bonds. The minimum Gasteiger partial charge on any atom is -0.455 e. The molecule has 3 rings (SSSR count). The Balaban J connectivity index is 1.68. The van der Waals surface area contributed by atoms with Gasteiger partial charge >= 0.3 is 5.97 Å². The molecule has 0 saturated carbocycles. The predicted octanol–water partition coefficient (Wildman–Crippen LogP) is 4.45. The first-order valence-electron chi connectivity index (χ1n) is 8.87. The monoisotopic (exact) mass is 377 g/mol. The molecule has 142 valence electrons. The van der Waals surface area contributed by atoms with Crippen molar-refractivity contribution in [3.63, 3.8) is 0 Å². The molecule has 1 N–H and O–H groups in total. The Morgan fingerprint density at radius 1 is 0.929 bits per heavy atom. The van der Waals surface area contributed by atoms with Gasteiger partial charge in [0.2, 0.25) is 0 Å². The van der Waals surface area contributed by atoms with E-state index in [4.69, 9.17) is 4.74 Å². The van der Waals surface area contributed by atoms with Gasteiger partial charge in [0.05, 0.1) is 0 Å². The topological polar surface area (TPSA) is 55.4 Å². The van der Waals surface area contributed by atoms with Crippen LogP contribution in [-0.4, -0.2) is 18.5 Å². The van der Waals surface area contributed by atoms with E-state index in [9.17, 15) is 14.0 Å². The second-order valence-corrected chi connectivity index (χ2v) is 6.37. The Morgan fingerprint density at radius 3 is 2.04 bits per heavy atom. The molecular weight excluding hydrogens is 357 g/mol. The number of carbonyl (C=O) groups is 2. The van der Waals surface area contributed by atoms with E-state index in [0.29, 0.717) is 11.3 Å². The van der Waals surface area contributed by atoms with Gasteiger partial charge in [0.15, 0.2) is 6.61 Å². The lowest BCUT2D eigenvalue weighted by Gasteiger charge is -2.17. The van der Waals surface area contributed by atoms with E-state index in [-0.39, 0.29) is 0 Å². The SMILES string of the molecule is Cc1ccc(NC(=O)COC(=O)C(c2ccccc2)c2ccccc2)cc1F. The third-order valence-corrected chi connectivity index (χ3v) is 4.30. The fourth-order valence-electron chi connectivity index (χ4n) is 2.84. The summed E-state index contributed by atoms with van der Waals surface area (Å²) in [7, 11) is 0. The first kappa shape index (κ1) is 19.3. The average molecular weight is 377 g/mol. The number of nitrogens with one attached hydrogen (secondary N) is 1. The molecular formula is C23H20FNO3. The van der Waals surface area contributed by atoms with Crippen LogP contribution < -0.4 is 5.32 Å². The summed E-state index contributed by atoms with van der Waals surface area (Å²) in [6.07, 6.45) is 0. The molecule has 5 heteroatoms. The molecule has 0 aromatic heterocycles. The zero-order valence-electron chi connectivity index (χ0n) is 15.4. The van der Waals surface area contributed by atoms with Gasteiger partial charge in [0.25, 0.3) is 5.91 Å². The van der Waals surface area contributed by atoms with Crippen molar-refractivity contribution in [1.29, 1.82) is 0 Å². The summed E-state index contributed by atoms with van der Waals surface area (Å²) in [5.41, 5.74) is 2.35. The van der Waals surface area contributed by atoms with Crippen LogP contribution in [0.2, 0.25) is 0 Å². The van der Waals surface area contributed by atoms with E-state index >= 15 is 0 Å². The van der Waals surface area contributed by atoms with E-state index < -0.39 is 30.2 Å². The van der Waals surface area contributed by atoms with Crippen molar-refractivity contribution in [1.82, 2.24) is 0 Å². The minimum atomic E-state index is -0.632. The highest BCUT2D eigenvalue weighted by Crippen LogP contribution is 2.26. The van der Waals surface area contributed by atoms with Gasteiger partial charge in [-0.25, -0.2) is 4.39 Å². The van der Waals surface area contributed by atoms with Crippen LogP contribution in [0.1, 0.15) is 22.6 Å². The summed E-state index contributed by atoms with van der Waals surface area (Å²) in [4.78, 5) is 24.8. The van der Waals surface area contributed by atoms with Crippen molar-refractivity contribution in [3.05, 3.63) is 101 Å². The Bertz CT molecular complexity index is 919. The molecule has 28 heavy (non-hydrogen) atoms. The first-order chi connectivity index (χ1) is 13.5. The fraction of sp³-hybridized carbons (Fsp3) is 0.130. The van der Waals surface area contributed by atoms with Gasteiger partial charge in [0, 0.05) is 5.69 Å². The number of carbonyl (C=O) groups excluding carboxylic acids is 2. The van der Waals surface area contributed by atoms with Crippen LogP contribution in [0.5, 0.6) is 0 Å². The summed E-state index contributed by atoms with van der Waals surface area (Å²) in [5, 5.41) is 2.53. The molecule has 0 unspecified atom stereocenters. The van der Waals surface area contributed by atoms with Crippen LogP contribution >= 0.6 is 0 Å². The summed E-state index contributed by atoms with van der Waals surface area (Å²) >= 11 is 0. The van der Waals surface area contributed by atoms with Crippen LogP contribution in [-0.2, 0) is 14.3 Å². The molecule has 0 spiro atoms. The molecule has 0 aliphatic heterocycles. The zero-order valence-corrected chi connectivity index (χ0v) is 15.4. The van der Waals surface area contributed by atoms with Crippen LogP contribution in [0.15, 0.2) is 78.9 Å². The van der Waals surface area contributed by atoms with Gasteiger partial charge in [-0.1, -0.05) is 66.7 Å². The summed E-state index contributed by atoms with van der Waals surface area (Å²) in [6.45, 7) is 1.18. The van der Waals surface area contributed by atoms with Gasteiger partial charge in [-0.2, -0.15) is 0 Å². The van der Waals surface area contributed by atoms with Crippen molar-refractivity contribution >= 4 is 17.6 Å². The third kappa shape index (κ3) is 4.82. The average Bonchev–Trinajstić information content (AvgIpc) is 2.71. The number of anilines is 1. The van der Waals surface area contributed by atoms with Gasteiger partial charge in [-0.3, -0.25) is 9.59 Å². The van der Waals surface area contributed by atoms with Crippen molar-refractivity contribution in [2.45, 2.75) is 12.8 Å². The first-order valence-corrected chi connectivity index (χ1v) is 8.87. The number of esters is 1. The quantitative estimate of drug-likeness (QED) is 0.646. The molecule has 3 aromatic carbocycles. The third-order valence-electron chi connectivity index (χ3n) is 4.30. The molecule has 0 atom stereocenters. The molecule has 0 fully saturated rings. The molecule has 4 nitrogen and oxygen atoms in total. The Labute approximate surface area is 163 Å². The van der Waals surface area contributed by atoms with Crippen LogP contribution in [0.4, 0.5) is 10.1 Å². The number of benzene rings is 3. The van der Waals surface area contributed by atoms with E-state index in [1.165, 1.54) is 6.07 Å². The lowest BCUT2D eigenvalue weighted by molar-refractivity contribution is -0.147. The van der Waals surface area contributed by atoms with Crippen molar-refractivity contribution in [3.8, 4) is 0 Å². The maximum atomic E-state index is 13.6. The highest BCUT2D eigenvalue weighted by Gasteiger charge is 2.24. The van der Waals surface area contributed by atoms with E-state index in [1.807, 2.05) is 60.7 Å². The van der Waals surface area contributed by atoms with Crippen LogP contribution in [0.25, 0.3) is 0 Å². The van der Waals surface area contributed by atoms with Gasteiger partial charge in [-0.05, 0) is 35.7 Å². The lowest BCUT2D eigenvalue weighted by atomic mass is 9.91. The number of aryl methyl sites for hydroxylation is 1. The zero-order chi connectivity index (χ0) is 19.9. The summed E-state index contributed by atoms with van der Waals surface area (Å²) in [5.74, 6) is -2.10. The van der Waals surface area contributed by atoms with Crippen LogP contribution in [0, 0.1) is 12.7 Å². The Kier molecular flexibility index (Phi) is 6.17. The molecule has 0 bridgehead atoms. The fourth-order valence-corrected chi connectivity index (χ4v) is 2.84. The molecule has 3 aromatic rings. The lowest BCUT2D eigenvalue weighted by Crippen LogP contribution is -2.24. The number of ether oxygens (including phenoxy) is 1. The molecule has 0 aliphatic carbocycles. The number of amides is 1.